The Morgan fingerprint density at radius 1 is 1.20 bits per heavy atom. The van der Waals surface area contributed by atoms with Crippen molar-refractivity contribution in [2.24, 2.45) is 5.73 Å². The van der Waals surface area contributed by atoms with E-state index < -0.39 is 5.91 Å². The summed E-state index contributed by atoms with van der Waals surface area (Å²) in [6, 6.07) is 7.27. The molecule has 1 aromatic carbocycles. The molecular formula is C18H23N5O2. The van der Waals surface area contributed by atoms with Gasteiger partial charge in [0.25, 0.3) is 5.91 Å². The van der Waals surface area contributed by atoms with Gasteiger partial charge in [0.2, 0.25) is 5.91 Å². The zero-order valence-corrected chi connectivity index (χ0v) is 14.1. The number of carbonyl (C=O) groups excluding carboxylic acids is 2. The summed E-state index contributed by atoms with van der Waals surface area (Å²) in [5.41, 5.74) is 7.29. The van der Waals surface area contributed by atoms with E-state index in [0.29, 0.717) is 17.8 Å². The average Bonchev–Trinajstić information content (AvgIpc) is 3.14. The van der Waals surface area contributed by atoms with Crippen LogP contribution in [0.15, 0.2) is 36.7 Å². The summed E-state index contributed by atoms with van der Waals surface area (Å²) in [6.07, 6.45) is 7.28. The molecule has 7 heteroatoms. The van der Waals surface area contributed by atoms with Crippen LogP contribution in [0, 0.1) is 0 Å². The summed E-state index contributed by atoms with van der Waals surface area (Å²) < 4.78 is 1.69. The number of aromatic nitrogens is 2. The highest BCUT2D eigenvalue weighted by atomic mass is 16.2. The van der Waals surface area contributed by atoms with Crippen molar-refractivity contribution in [3.05, 3.63) is 42.2 Å². The lowest BCUT2D eigenvalue weighted by atomic mass is 10.1. The van der Waals surface area contributed by atoms with Crippen LogP contribution < -0.4 is 16.0 Å². The normalized spacial score (nSPS) is 14.3. The Morgan fingerprint density at radius 2 is 2.00 bits per heavy atom. The van der Waals surface area contributed by atoms with E-state index in [1.54, 1.807) is 29.2 Å². The topological polar surface area (TPSA) is 93.3 Å². The number of benzene rings is 1. The molecular weight excluding hydrogens is 318 g/mol. The molecule has 132 valence electrons. The molecule has 1 saturated heterocycles. The third-order valence-electron chi connectivity index (χ3n) is 4.39. The maximum absolute atomic E-state index is 12.2. The van der Waals surface area contributed by atoms with Crippen molar-refractivity contribution in [2.75, 3.05) is 23.3 Å². The standard InChI is InChI=1S/C18H23N5O2/c19-18(25)15-13-14(22-9-2-1-3-10-22)5-6-16(15)21-17(24)7-12-23-11-4-8-20-23/h4-6,8,11,13H,1-3,7,9-10,12H2,(H2,19,25)(H,21,24). The van der Waals surface area contributed by atoms with Crippen LogP contribution in [0.1, 0.15) is 36.0 Å². The number of anilines is 2. The summed E-state index contributed by atoms with van der Waals surface area (Å²) in [5, 5.41) is 6.85. The summed E-state index contributed by atoms with van der Waals surface area (Å²) in [6.45, 7) is 2.44. The second-order valence-electron chi connectivity index (χ2n) is 6.21. The molecule has 1 aromatic heterocycles. The lowest BCUT2D eigenvalue weighted by Gasteiger charge is -2.29. The first-order valence-electron chi connectivity index (χ1n) is 8.59. The molecule has 1 aliphatic heterocycles. The number of rotatable bonds is 6. The zero-order valence-electron chi connectivity index (χ0n) is 14.1. The maximum atomic E-state index is 12.2. The van der Waals surface area contributed by atoms with Gasteiger partial charge < -0.3 is 16.0 Å². The van der Waals surface area contributed by atoms with E-state index in [-0.39, 0.29) is 12.3 Å². The molecule has 1 aliphatic rings. The summed E-state index contributed by atoms with van der Waals surface area (Å²) >= 11 is 0. The molecule has 3 rings (SSSR count). The van der Waals surface area contributed by atoms with Crippen LogP contribution in [-0.4, -0.2) is 34.7 Å². The van der Waals surface area contributed by atoms with Gasteiger partial charge in [-0.05, 0) is 43.5 Å². The van der Waals surface area contributed by atoms with Crippen LogP contribution in [0.5, 0.6) is 0 Å². The molecule has 3 N–H and O–H groups in total. The van der Waals surface area contributed by atoms with Gasteiger partial charge in [0, 0.05) is 44.1 Å². The lowest BCUT2D eigenvalue weighted by molar-refractivity contribution is -0.116. The monoisotopic (exact) mass is 341 g/mol. The van der Waals surface area contributed by atoms with Crippen molar-refractivity contribution in [3.63, 3.8) is 0 Å². The minimum atomic E-state index is -0.541. The van der Waals surface area contributed by atoms with Crippen molar-refractivity contribution in [1.82, 2.24) is 9.78 Å². The number of hydrogen-bond donors (Lipinski definition) is 2. The number of nitrogens with two attached hydrogens (primary N) is 1. The second kappa shape index (κ2) is 7.83. The first-order chi connectivity index (χ1) is 12.1. The van der Waals surface area contributed by atoms with Crippen molar-refractivity contribution < 1.29 is 9.59 Å². The number of piperidine rings is 1. The van der Waals surface area contributed by atoms with E-state index in [1.807, 2.05) is 12.1 Å². The van der Waals surface area contributed by atoms with Crippen molar-refractivity contribution in [3.8, 4) is 0 Å². The number of nitrogens with one attached hydrogen (secondary N) is 1. The van der Waals surface area contributed by atoms with Gasteiger partial charge in [-0.15, -0.1) is 0 Å². The summed E-state index contributed by atoms with van der Waals surface area (Å²) in [5.74, 6) is -0.718. The number of aryl methyl sites for hydroxylation is 1. The minimum Gasteiger partial charge on any atom is -0.372 e. The maximum Gasteiger partial charge on any atom is 0.250 e. The third-order valence-corrected chi connectivity index (χ3v) is 4.39. The van der Waals surface area contributed by atoms with Crippen LogP contribution in [0.25, 0.3) is 0 Å². The van der Waals surface area contributed by atoms with Gasteiger partial charge in [0.15, 0.2) is 0 Å². The molecule has 2 heterocycles. The average molecular weight is 341 g/mol. The van der Waals surface area contributed by atoms with Gasteiger partial charge in [-0.1, -0.05) is 0 Å². The Balaban J connectivity index is 1.69. The molecule has 7 nitrogen and oxygen atoms in total. The zero-order chi connectivity index (χ0) is 17.6. The van der Waals surface area contributed by atoms with E-state index in [4.69, 9.17) is 5.73 Å². The number of carbonyl (C=O) groups is 2. The Morgan fingerprint density at radius 3 is 2.68 bits per heavy atom. The van der Waals surface area contributed by atoms with Crippen LogP contribution in [0.4, 0.5) is 11.4 Å². The fourth-order valence-corrected chi connectivity index (χ4v) is 3.06. The SMILES string of the molecule is NC(=O)c1cc(N2CCCCC2)ccc1NC(=O)CCn1cccn1. The molecule has 2 amide bonds. The Kier molecular flexibility index (Phi) is 5.33. The van der Waals surface area contributed by atoms with E-state index in [2.05, 4.69) is 15.3 Å². The van der Waals surface area contributed by atoms with Gasteiger partial charge in [-0.25, -0.2) is 0 Å². The molecule has 0 spiro atoms. The molecule has 25 heavy (non-hydrogen) atoms. The molecule has 0 atom stereocenters. The molecule has 2 aromatic rings. The predicted octanol–water partition coefficient (Wildman–Crippen LogP) is 2.00. The number of hydrogen-bond acceptors (Lipinski definition) is 4. The van der Waals surface area contributed by atoms with E-state index in [1.165, 1.54) is 6.42 Å². The van der Waals surface area contributed by atoms with Crippen LogP contribution in [0.2, 0.25) is 0 Å². The van der Waals surface area contributed by atoms with Crippen LogP contribution in [0.3, 0.4) is 0 Å². The highest BCUT2D eigenvalue weighted by Gasteiger charge is 2.16. The van der Waals surface area contributed by atoms with Gasteiger partial charge in [0.1, 0.15) is 0 Å². The van der Waals surface area contributed by atoms with Crippen molar-refractivity contribution in [2.45, 2.75) is 32.2 Å². The quantitative estimate of drug-likeness (QED) is 0.840. The molecule has 1 fully saturated rings. The molecule has 0 aliphatic carbocycles. The first kappa shape index (κ1) is 17.0. The van der Waals surface area contributed by atoms with Gasteiger partial charge in [0.05, 0.1) is 11.3 Å². The smallest absolute Gasteiger partial charge is 0.250 e. The Hall–Kier alpha value is -2.83. The predicted molar refractivity (Wildman–Crippen MR) is 96.5 cm³/mol. The number of amides is 2. The highest BCUT2D eigenvalue weighted by molar-refractivity contribution is 6.03. The van der Waals surface area contributed by atoms with Crippen LogP contribution >= 0.6 is 0 Å². The number of primary amides is 1. The van der Waals surface area contributed by atoms with Gasteiger partial charge in [-0.2, -0.15) is 5.10 Å². The first-order valence-corrected chi connectivity index (χ1v) is 8.59. The molecule has 0 saturated carbocycles. The van der Waals surface area contributed by atoms with Crippen LogP contribution in [-0.2, 0) is 11.3 Å². The Bertz CT molecular complexity index is 736. The number of nitrogens with zero attached hydrogens (tertiary/aromatic N) is 3. The van der Waals surface area contributed by atoms with E-state index >= 15 is 0 Å². The minimum absolute atomic E-state index is 0.177. The van der Waals surface area contributed by atoms with Gasteiger partial charge >= 0.3 is 0 Å². The van der Waals surface area contributed by atoms with Crippen molar-refractivity contribution >= 4 is 23.2 Å². The second-order valence-corrected chi connectivity index (χ2v) is 6.21. The highest BCUT2D eigenvalue weighted by Crippen LogP contribution is 2.25. The van der Waals surface area contributed by atoms with Gasteiger partial charge in [-0.3, -0.25) is 14.3 Å². The molecule has 0 radical (unpaired) electrons. The summed E-state index contributed by atoms with van der Waals surface area (Å²) in [7, 11) is 0. The largest absolute Gasteiger partial charge is 0.372 e. The van der Waals surface area contributed by atoms with Crippen molar-refractivity contribution in [1.29, 1.82) is 0 Å². The third kappa shape index (κ3) is 4.37. The van der Waals surface area contributed by atoms with E-state index in [9.17, 15) is 9.59 Å². The Labute approximate surface area is 146 Å². The molecule has 0 unspecified atom stereocenters. The fourth-order valence-electron chi connectivity index (χ4n) is 3.06. The fraction of sp³-hybridized carbons (Fsp3) is 0.389. The summed E-state index contributed by atoms with van der Waals surface area (Å²) in [4.78, 5) is 26.2. The lowest BCUT2D eigenvalue weighted by Crippen LogP contribution is -2.29. The van der Waals surface area contributed by atoms with E-state index in [0.717, 1.165) is 31.6 Å². The molecule has 0 bridgehead atoms.